The second-order valence-electron chi connectivity index (χ2n) is 6.94. The van der Waals surface area contributed by atoms with E-state index in [0.717, 1.165) is 36.4 Å². The quantitative estimate of drug-likeness (QED) is 0.382. The van der Waals surface area contributed by atoms with Gasteiger partial charge in [0.25, 0.3) is 0 Å². The molecule has 0 unspecified atom stereocenters. The van der Waals surface area contributed by atoms with Gasteiger partial charge in [0, 0.05) is 30.1 Å². The second-order valence-corrected chi connectivity index (χ2v) is 6.94. The van der Waals surface area contributed by atoms with Crippen molar-refractivity contribution in [1.82, 2.24) is 19.9 Å². The number of fused-ring (bicyclic) bond motifs is 1. The maximum absolute atomic E-state index is 12.8. The van der Waals surface area contributed by atoms with Crippen molar-refractivity contribution in [3.05, 3.63) is 66.7 Å². The topological polar surface area (TPSA) is 64.0 Å². The summed E-state index contributed by atoms with van der Waals surface area (Å²) in [4.78, 5) is 19.3. The Labute approximate surface area is 182 Å². The number of alkyl halides is 3. The first-order valence-electron chi connectivity index (χ1n) is 10.1. The minimum Gasteiger partial charge on any atom is -0.437 e. The van der Waals surface area contributed by atoms with Crippen LogP contribution in [0.5, 0.6) is 11.6 Å². The number of hydrogen-bond acceptors (Lipinski definition) is 6. The monoisotopic (exact) mass is 439 g/mol. The van der Waals surface area contributed by atoms with Gasteiger partial charge < -0.3 is 9.64 Å². The highest BCUT2D eigenvalue weighted by molar-refractivity contribution is 5.93. The van der Waals surface area contributed by atoms with E-state index in [1.54, 1.807) is 12.1 Å². The van der Waals surface area contributed by atoms with Gasteiger partial charge in [-0.1, -0.05) is 18.2 Å². The molecule has 0 saturated carbocycles. The summed E-state index contributed by atoms with van der Waals surface area (Å²) in [6, 6.07) is 11.9. The van der Waals surface area contributed by atoms with Crippen LogP contribution in [0.25, 0.3) is 22.2 Å². The van der Waals surface area contributed by atoms with Crippen molar-refractivity contribution in [1.29, 1.82) is 0 Å². The zero-order valence-electron chi connectivity index (χ0n) is 17.5. The first-order chi connectivity index (χ1) is 15.4. The molecule has 0 bridgehead atoms. The molecule has 0 amide bonds. The van der Waals surface area contributed by atoms with Crippen molar-refractivity contribution >= 4 is 16.7 Å². The number of aromatic nitrogens is 4. The lowest BCUT2D eigenvalue weighted by atomic mass is 10.1. The zero-order valence-corrected chi connectivity index (χ0v) is 17.5. The van der Waals surface area contributed by atoms with Gasteiger partial charge in [-0.2, -0.15) is 13.2 Å². The van der Waals surface area contributed by atoms with E-state index in [1.165, 1.54) is 24.8 Å². The summed E-state index contributed by atoms with van der Waals surface area (Å²) in [6.07, 6.45) is -1.58. The summed E-state index contributed by atoms with van der Waals surface area (Å²) in [5.74, 6) is 1.57. The first-order valence-corrected chi connectivity index (χ1v) is 10.1. The van der Waals surface area contributed by atoms with Crippen LogP contribution >= 0.6 is 0 Å². The molecule has 164 valence electrons. The molecule has 2 aromatic carbocycles. The van der Waals surface area contributed by atoms with Crippen LogP contribution in [-0.4, -0.2) is 33.0 Å². The van der Waals surface area contributed by atoms with Gasteiger partial charge >= 0.3 is 6.18 Å². The number of rotatable bonds is 6. The van der Waals surface area contributed by atoms with Crippen LogP contribution in [0.4, 0.5) is 19.0 Å². The van der Waals surface area contributed by atoms with Crippen LogP contribution in [0.2, 0.25) is 0 Å². The van der Waals surface area contributed by atoms with Gasteiger partial charge in [0.1, 0.15) is 24.0 Å². The van der Waals surface area contributed by atoms with Crippen molar-refractivity contribution in [2.24, 2.45) is 0 Å². The van der Waals surface area contributed by atoms with Gasteiger partial charge in [-0.05, 0) is 38.1 Å². The summed E-state index contributed by atoms with van der Waals surface area (Å²) < 4.78 is 44.5. The third kappa shape index (κ3) is 4.32. The number of nitrogens with zero attached hydrogens (tertiary/aromatic N) is 5. The van der Waals surface area contributed by atoms with Crippen molar-refractivity contribution in [2.45, 2.75) is 20.0 Å². The van der Waals surface area contributed by atoms with Crippen LogP contribution in [0.3, 0.4) is 0 Å². The van der Waals surface area contributed by atoms with Gasteiger partial charge in [-0.25, -0.2) is 19.9 Å². The van der Waals surface area contributed by atoms with Crippen LogP contribution in [0.15, 0.2) is 61.2 Å². The molecule has 2 aromatic heterocycles. The van der Waals surface area contributed by atoms with Crippen molar-refractivity contribution in [2.75, 3.05) is 18.0 Å². The Balaban J connectivity index is 1.66. The molecule has 0 spiro atoms. The molecule has 0 N–H and O–H groups in total. The van der Waals surface area contributed by atoms with Gasteiger partial charge in [0.2, 0.25) is 5.88 Å². The van der Waals surface area contributed by atoms with Gasteiger partial charge in [-0.3, -0.25) is 0 Å². The summed E-state index contributed by atoms with van der Waals surface area (Å²) in [6.45, 7) is 5.72. The molecule has 32 heavy (non-hydrogen) atoms. The van der Waals surface area contributed by atoms with Gasteiger partial charge in [0.05, 0.1) is 11.3 Å². The highest BCUT2D eigenvalue weighted by atomic mass is 19.4. The van der Waals surface area contributed by atoms with E-state index in [1.807, 2.05) is 12.1 Å². The summed E-state index contributed by atoms with van der Waals surface area (Å²) in [5, 5.41) is 0.853. The maximum atomic E-state index is 12.8. The number of anilines is 1. The molecule has 2 heterocycles. The molecule has 9 heteroatoms. The predicted molar refractivity (Wildman–Crippen MR) is 116 cm³/mol. The average molecular weight is 439 g/mol. The fourth-order valence-corrected chi connectivity index (χ4v) is 3.40. The molecule has 0 radical (unpaired) electrons. The lowest BCUT2D eigenvalue weighted by Gasteiger charge is -2.21. The summed E-state index contributed by atoms with van der Waals surface area (Å²) in [7, 11) is 0. The molecule has 0 atom stereocenters. The van der Waals surface area contributed by atoms with Gasteiger partial charge in [0.15, 0.2) is 5.75 Å². The Kier molecular flexibility index (Phi) is 5.89. The standard InChI is InChI=1S/C23H20F3N5O/c1-3-31(4-2)22-17-6-5-7-19(21(17)29-14-30-22)32-20-12-18(27-13-28-20)15-8-10-16(11-9-15)23(24,25)26/h5-14H,3-4H2,1-2H3. The second kappa shape index (κ2) is 8.78. The van der Waals surface area contributed by atoms with E-state index in [4.69, 9.17) is 4.74 Å². The summed E-state index contributed by atoms with van der Waals surface area (Å²) >= 11 is 0. The minimum atomic E-state index is -4.39. The molecule has 4 rings (SSSR count). The number of para-hydroxylation sites is 1. The lowest BCUT2D eigenvalue weighted by Crippen LogP contribution is -2.23. The lowest BCUT2D eigenvalue weighted by molar-refractivity contribution is -0.137. The SMILES string of the molecule is CCN(CC)c1ncnc2c(Oc3cc(-c4ccc(C(F)(F)F)cc4)ncn3)cccc12. The fourth-order valence-electron chi connectivity index (χ4n) is 3.40. The van der Waals surface area contributed by atoms with E-state index in [-0.39, 0.29) is 5.88 Å². The van der Waals surface area contributed by atoms with Crippen LogP contribution in [0.1, 0.15) is 19.4 Å². The van der Waals surface area contributed by atoms with E-state index in [2.05, 4.69) is 38.7 Å². The number of ether oxygens (including phenoxy) is 1. The van der Waals surface area contributed by atoms with Crippen LogP contribution < -0.4 is 9.64 Å². The Morgan fingerprint density at radius 3 is 2.28 bits per heavy atom. The molecule has 4 aromatic rings. The Bertz CT molecular complexity index is 1220. The van der Waals surface area contributed by atoms with Crippen molar-refractivity contribution in [3.63, 3.8) is 0 Å². The average Bonchev–Trinajstić information content (AvgIpc) is 2.80. The highest BCUT2D eigenvalue weighted by Crippen LogP contribution is 2.33. The predicted octanol–water partition coefficient (Wildman–Crippen LogP) is 5.74. The van der Waals surface area contributed by atoms with Gasteiger partial charge in [-0.15, -0.1) is 0 Å². The third-order valence-electron chi connectivity index (χ3n) is 5.03. The largest absolute Gasteiger partial charge is 0.437 e. The molecule has 0 saturated heterocycles. The van der Waals surface area contributed by atoms with Crippen molar-refractivity contribution < 1.29 is 17.9 Å². The molecule has 0 aliphatic rings. The third-order valence-corrected chi connectivity index (χ3v) is 5.03. The molecular weight excluding hydrogens is 419 g/mol. The van der Waals surface area contributed by atoms with Crippen LogP contribution in [0, 0.1) is 0 Å². The van der Waals surface area contributed by atoms with E-state index >= 15 is 0 Å². The molecule has 0 fully saturated rings. The number of hydrogen-bond donors (Lipinski definition) is 0. The Morgan fingerprint density at radius 1 is 0.875 bits per heavy atom. The van der Waals surface area contributed by atoms with E-state index in [9.17, 15) is 13.2 Å². The molecular formula is C23H20F3N5O. The fraction of sp³-hybridized carbons (Fsp3) is 0.217. The Morgan fingerprint density at radius 2 is 1.59 bits per heavy atom. The maximum Gasteiger partial charge on any atom is 0.416 e. The minimum absolute atomic E-state index is 0.255. The number of benzene rings is 2. The number of halogens is 3. The smallest absolute Gasteiger partial charge is 0.416 e. The van der Waals surface area contributed by atoms with Crippen molar-refractivity contribution in [3.8, 4) is 22.9 Å². The molecule has 0 aliphatic heterocycles. The molecule has 0 aliphatic carbocycles. The Hall–Kier alpha value is -3.75. The normalized spacial score (nSPS) is 11.5. The highest BCUT2D eigenvalue weighted by Gasteiger charge is 2.30. The zero-order chi connectivity index (χ0) is 22.7. The van der Waals surface area contributed by atoms with E-state index in [0.29, 0.717) is 22.5 Å². The van der Waals surface area contributed by atoms with Crippen LogP contribution in [-0.2, 0) is 6.18 Å². The summed E-state index contributed by atoms with van der Waals surface area (Å²) in [5.41, 5.74) is 0.891. The molecule has 6 nitrogen and oxygen atoms in total. The first kappa shape index (κ1) is 21.5. The van der Waals surface area contributed by atoms with E-state index < -0.39 is 11.7 Å².